The Balaban J connectivity index is 0.846. The van der Waals surface area contributed by atoms with Gasteiger partial charge in [0, 0.05) is 44.3 Å². The average molecular weight is 881 g/mol. The minimum Gasteiger partial charge on any atom is -0.456 e. The van der Waals surface area contributed by atoms with E-state index in [1.165, 1.54) is 55.2 Å². The summed E-state index contributed by atoms with van der Waals surface area (Å²) in [5.41, 5.74) is 20.2. The zero-order valence-corrected chi connectivity index (χ0v) is 37.7. The van der Waals surface area contributed by atoms with Crippen LogP contribution in [0, 0.1) is 0 Å². The number of para-hydroxylation sites is 3. The molecule has 2 heterocycles. The van der Waals surface area contributed by atoms with Gasteiger partial charge in [-0.25, -0.2) is 0 Å². The van der Waals surface area contributed by atoms with Crippen molar-refractivity contribution >= 4 is 60.8 Å². The monoisotopic (exact) mass is 880 g/mol. The molecule has 0 saturated carbocycles. The van der Waals surface area contributed by atoms with Crippen LogP contribution in [0.25, 0.3) is 105 Å². The number of furan rings is 1. The highest BCUT2D eigenvalue weighted by molar-refractivity contribution is 6.09. The Labute approximate surface area is 401 Å². The van der Waals surface area contributed by atoms with E-state index in [0.717, 1.165) is 66.9 Å². The lowest BCUT2D eigenvalue weighted by Crippen LogP contribution is -2.10. The van der Waals surface area contributed by atoms with Crippen molar-refractivity contribution in [2.45, 2.75) is 0 Å². The van der Waals surface area contributed by atoms with Crippen molar-refractivity contribution in [3.8, 4) is 61.3 Å². The lowest BCUT2D eigenvalue weighted by Gasteiger charge is -2.26. The number of hydrogen-bond donors (Lipinski definition) is 0. The van der Waals surface area contributed by atoms with Crippen LogP contribution in [0.4, 0.5) is 17.1 Å². The molecule has 0 aliphatic rings. The average Bonchev–Trinajstić information content (AvgIpc) is 3.97. The van der Waals surface area contributed by atoms with E-state index in [9.17, 15) is 0 Å². The maximum atomic E-state index is 6.27. The van der Waals surface area contributed by atoms with Gasteiger partial charge in [0.15, 0.2) is 0 Å². The van der Waals surface area contributed by atoms with Gasteiger partial charge < -0.3 is 13.9 Å². The van der Waals surface area contributed by atoms with Gasteiger partial charge in [-0.1, -0.05) is 182 Å². The molecule has 69 heavy (non-hydrogen) atoms. The van der Waals surface area contributed by atoms with E-state index in [1.54, 1.807) is 0 Å². The smallest absolute Gasteiger partial charge is 0.136 e. The topological polar surface area (TPSA) is 21.3 Å². The molecule has 3 heteroatoms. The van der Waals surface area contributed by atoms with Crippen LogP contribution in [-0.2, 0) is 0 Å². The molecule has 0 aliphatic carbocycles. The van der Waals surface area contributed by atoms with Gasteiger partial charge in [-0.15, -0.1) is 0 Å². The molecule has 2 aromatic heterocycles. The van der Waals surface area contributed by atoms with Crippen molar-refractivity contribution in [1.29, 1.82) is 0 Å². The highest BCUT2D eigenvalue weighted by Crippen LogP contribution is 2.40. The van der Waals surface area contributed by atoms with E-state index in [0.29, 0.717) is 0 Å². The van der Waals surface area contributed by atoms with Gasteiger partial charge in [-0.05, 0) is 141 Å². The summed E-state index contributed by atoms with van der Waals surface area (Å²) in [6.07, 6.45) is 0. The van der Waals surface area contributed by atoms with Gasteiger partial charge in [0.25, 0.3) is 0 Å². The fourth-order valence-electron chi connectivity index (χ4n) is 10.2. The maximum absolute atomic E-state index is 6.27. The van der Waals surface area contributed by atoms with Gasteiger partial charge >= 0.3 is 0 Å². The standard InChI is InChI=1S/C66H44N2O/c1-2-13-45(14-3-1)46-27-29-47(30-28-46)52-17-11-19-57(42-52)67(56-38-33-49(34-39-56)54-35-40-62-61-23-6-9-26-65(61)69-66(62)44-54)55-36-31-48(32-37-55)50-15-10-16-51(41-50)53-18-12-20-58(43-53)68-63-24-7-4-21-59(63)60-22-5-8-25-64(60)68/h1-44H. The van der Waals surface area contributed by atoms with Gasteiger partial charge in [0.1, 0.15) is 11.2 Å². The zero-order valence-electron chi connectivity index (χ0n) is 37.7. The largest absolute Gasteiger partial charge is 0.456 e. The van der Waals surface area contributed by atoms with Crippen LogP contribution in [0.5, 0.6) is 0 Å². The summed E-state index contributed by atoms with van der Waals surface area (Å²) in [6.45, 7) is 0. The summed E-state index contributed by atoms with van der Waals surface area (Å²) >= 11 is 0. The molecule has 11 aromatic carbocycles. The molecule has 0 radical (unpaired) electrons. The fraction of sp³-hybridized carbons (Fsp3) is 0. The molecular formula is C66H44N2O. The van der Waals surface area contributed by atoms with Crippen LogP contribution in [0.15, 0.2) is 271 Å². The summed E-state index contributed by atoms with van der Waals surface area (Å²) in [6, 6.07) is 96.1. The molecule has 13 aromatic rings. The SMILES string of the molecule is c1ccc(-c2ccc(-c3cccc(N(c4ccc(-c5cccc(-c6cccc(-n7c8ccccc8c8ccccc87)c6)c5)cc4)c4ccc(-c5ccc6c(c5)oc5ccccc56)cc4)c3)cc2)cc1. The highest BCUT2D eigenvalue weighted by Gasteiger charge is 2.17. The third-order valence-electron chi connectivity index (χ3n) is 13.6. The van der Waals surface area contributed by atoms with Gasteiger partial charge in [-0.2, -0.15) is 0 Å². The number of hydrogen-bond acceptors (Lipinski definition) is 2. The molecule has 324 valence electrons. The van der Waals surface area contributed by atoms with E-state index in [-0.39, 0.29) is 0 Å². The summed E-state index contributed by atoms with van der Waals surface area (Å²) < 4.78 is 8.66. The third kappa shape index (κ3) is 7.34. The van der Waals surface area contributed by atoms with Crippen LogP contribution >= 0.6 is 0 Å². The van der Waals surface area contributed by atoms with Crippen molar-refractivity contribution in [3.05, 3.63) is 267 Å². The van der Waals surface area contributed by atoms with Crippen LogP contribution in [0.3, 0.4) is 0 Å². The minimum absolute atomic E-state index is 0.895. The van der Waals surface area contributed by atoms with Crippen molar-refractivity contribution < 1.29 is 4.42 Å². The Kier molecular flexibility index (Phi) is 9.84. The van der Waals surface area contributed by atoms with Gasteiger partial charge in [0.2, 0.25) is 0 Å². The lowest BCUT2D eigenvalue weighted by atomic mass is 9.98. The molecule has 3 nitrogen and oxygen atoms in total. The molecule has 0 saturated heterocycles. The van der Waals surface area contributed by atoms with Crippen LogP contribution in [0.1, 0.15) is 0 Å². The van der Waals surface area contributed by atoms with E-state index >= 15 is 0 Å². The quantitative estimate of drug-likeness (QED) is 0.144. The predicted molar refractivity (Wildman–Crippen MR) is 290 cm³/mol. The Hall–Kier alpha value is -9.18. The minimum atomic E-state index is 0.895. The number of benzene rings is 11. The molecule has 0 atom stereocenters. The Bertz CT molecular complexity index is 3940. The van der Waals surface area contributed by atoms with Gasteiger partial charge in [0.05, 0.1) is 11.0 Å². The first-order chi connectivity index (χ1) is 34.2. The van der Waals surface area contributed by atoms with Crippen molar-refractivity contribution in [3.63, 3.8) is 0 Å². The summed E-state index contributed by atoms with van der Waals surface area (Å²) in [4.78, 5) is 2.36. The second-order valence-corrected chi connectivity index (χ2v) is 17.7. The third-order valence-corrected chi connectivity index (χ3v) is 13.6. The van der Waals surface area contributed by atoms with Crippen molar-refractivity contribution in [2.24, 2.45) is 0 Å². The molecule has 0 bridgehead atoms. The Morgan fingerprint density at radius 3 is 1.32 bits per heavy atom. The first kappa shape index (κ1) is 40.1. The number of anilines is 3. The Morgan fingerprint density at radius 1 is 0.246 bits per heavy atom. The molecule has 0 fully saturated rings. The van der Waals surface area contributed by atoms with E-state index < -0.39 is 0 Å². The number of aromatic nitrogens is 1. The molecule has 0 unspecified atom stereocenters. The second-order valence-electron chi connectivity index (χ2n) is 17.7. The molecule has 0 amide bonds. The van der Waals surface area contributed by atoms with E-state index in [4.69, 9.17) is 4.42 Å². The van der Waals surface area contributed by atoms with E-state index in [1.807, 2.05) is 12.1 Å². The first-order valence-electron chi connectivity index (χ1n) is 23.6. The Morgan fingerprint density at radius 2 is 0.667 bits per heavy atom. The maximum Gasteiger partial charge on any atom is 0.136 e. The number of fused-ring (bicyclic) bond motifs is 6. The predicted octanol–water partition coefficient (Wildman–Crippen LogP) is 18.5. The summed E-state index contributed by atoms with van der Waals surface area (Å²) in [5, 5.41) is 4.79. The molecule has 0 aliphatic heterocycles. The number of nitrogens with zero attached hydrogens (tertiary/aromatic N) is 2. The van der Waals surface area contributed by atoms with Crippen LogP contribution in [-0.4, -0.2) is 4.57 Å². The van der Waals surface area contributed by atoms with E-state index in [2.05, 4.69) is 264 Å². The van der Waals surface area contributed by atoms with Gasteiger partial charge in [-0.3, -0.25) is 0 Å². The normalized spacial score (nSPS) is 11.5. The summed E-state index contributed by atoms with van der Waals surface area (Å²) in [5.74, 6) is 0. The zero-order chi connectivity index (χ0) is 45.7. The molecule has 0 N–H and O–H groups in total. The molecule has 0 spiro atoms. The van der Waals surface area contributed by atoms with Crippen LogP contribution in [0.2, 0.25) is 0 Å². The second kappa shape index (κ2) is 16.9. The van der Waals surface area contributed by atoms with Crippen molar-refractivity contribution in [2.75, 3.05) is 4.90 Å². The molecule has 13 rings (SSSR count). The fourth-order valence-corrected chi connectivity index (χ4v) is 10.2. The summed E-state index contributed by atoms with van der Waals surface area (Å²) in [7, 11) is 0. The highest BCUT2D eigenvalue weighted by atomic mass is 16.3. The van der Waals surface area contributed by atoms with Crippen LogP contribution < -0.4 is 4.90 Å². The lowest BCUT2D eigenvalue weighted by molar-refractivity contribution is 0.669. The molecular weight excluding hydrogens is 837 g/mol. The first-order valence-corrected chi connectivity index (χ1v) is 23.6. The van der Waals surface area contributed by atoms with Crippen molar-refractivity contribution in [1.82, 2.24) is 4.57 Å². The number of rotatable bonds is 9.